The number of aliphatic hydroxyl groups is 1. The van der Waals surface area contributed by atoms with Gasteiger partial charge in [0.05, 0.1) is 6.61 Å². The van der Waals surface area contributed by atoms with Crippen molar-refractivity contribution in [2.75, 3.05) is 11.9 Å². The van der Waals surface area contributed by atoms with Crippen LogP contribution in [0.4, 0.5) is 5.69 Å². The number of benzene rings is 1. The first-order chi connectivity index (χ1) is 9.47. The summed E-state index contributed by atoms with van der Waals surface area (Å²) in [5.74, 6) is -3.70. The minimum Gasteiger partial charge on any atom is -0.501 e. The number of rotatable bonds is 5. The lowest BCUT2D eigenvalue weighted by Crippen LogP contribution is -2.24. The van der Waals surface area contributed by atoms with Crippen LogP contribution in [0.1, 0.15) is 13.8 Å². The van der Waals surface area contributed by atoms with Crippen molar-refractivity contribution in [3.8, 4) is 0 Å². The van der Waals surface area contributed by atoms with Gasteiger partial charge in [0, 0.05) is 5.69 Å². The number of Topliss-reactive ketones (excluding diaryl/α,β-unsaturated/α-hetero) is 1. The largest absolute Gasteiger partial charge is 0.501 e. The average Bonchev–Trinajstić information content (AvgIpc) is 2.39. The highest BCUT2D eigenvalue weighted by molar-refractivity contribution is 6.25. The van der Waals surface area contributed by atoms with Crippen molar-refractivity contribution in [3.05, 3.63) is 41.7 Å². The Labute approximate surface area is 116 Å². The first kappa shape index (κ1) is 15.4. The molecular formula is C14H15NO5. The van der Waals surface area contributed by atoms with E-state index in [0.29, 0.717) is 5.69 Å². The molecule has 0 aliphatic carbocycles. The lowest BCUT2D eigenvalue weighted by atomic mass is 10.1. The molecule has 1 aromatic rings. The van der Waals surface area contributed by atoms with Gasteiger partial charge in [-0.3, -0.25) is 9.59 Å². The molecule has 1 amide bonds. The van der Waals surface area contributed by atoms with Crippen molar-refractivity contribution in [3.63, 3.8) is 0 Å². The summed E-state index contributed by atoms with van der Waals surface area (Å²) >= 11 is 0. The van der Waals surface area contributed by atoms with Crippen LogP contribution in [0.25, 0.3) is 0 Å². The number of hydrogen-bond donors (Lipinski definition) is 2. The fourth-order valence-electron chi connectivity index (χ4n) is 1.45. The second kappa shape index (κ2) is 7.08. The van der Waals surface area contributed by atoms with E-state index in [1.165, 1.54) is 0 Å². The van der Waals surface area contributed by atoms with Gasteiger partial charge < -0.3 is 15.2 Å². The SMILES string of the molecule is CCOC(=O)/C(O)=C(\C(C)=O)C(=O)Nc1ccccc1. The topological polar surface area (TPSA) is 92.7 Å². The Morgan fingerprint density at radius 1 is 1.20 bits per heavy atom. The van der Waals surface area contributed by atoms with Crippen molar-refractivity contribution in [2.24, 2.45) is 0 Å². The Morgan fingerprint density at radius 3 is 2.30 bits per heavy atom. The molecule has 0 radical (unpaired) electrons. The molecule has 1 aromatic carbocycles. The van der Waals surface area contributed by atoms with Crippen LogP contribution < -0.4 is 5.32 Å². The highest BCUT2D eigenvalue weighted by atomic mass is 16.5. The summed E-state index contributed by atoms with van der Waals surface area (Å²) in [4.78, 5) is 34.8. The molecule has 1 rings (SSSR count). The summed E-state index contributed by atoms with van der Waals surface area (Å²) in [5.41, 5.74) is -0.194. The summed E-state index contributed by atoms with van der Waals surface area (Å²) in [6.45, 7) is 2.65. The molecule has 0 bridgehead atoms. The molecule has 20 heavy (non-hydrogen) atoms. The second-order valence-electron chi connectivity index (χ2n) is 3.82. The summed E-state index contributed by atoms with van der Waals surface area (Å²) in [7, 11) is 0. The summed E-state index contributed by atoms with van der Waals surface area (Å²) in [5, 5.41) is 12.1. The maximum Gasteiger partial charge on any atom is 0.374 e. The number of carbonyl (C=O) groups is 3. The Hall–Kier alpha value is -2.63. The van der Waals surface area contributed by atoms with Gasteiger partial charge in [-0.15, -0.1) is 0 Å². The van der Waals surface area contributed by atoms with Gasteiger partial charge in [-0.1, -0.05) is 18.2 Å². The number of amides is 1. The molecule has 0 spiro atoms. The number of para-hydroxylation sites is 1. The van der Waals surface area contributed by atoms with Gasteiger partial charge in [0.25, 0.3) is 5.91 Å². The van der Waals surface area contributed by atoms with Gasteiger partial charge in [-0.2, -0.15) is 0 Å². The van der Waals surface area contributed by atoms with Gasteiger partial charge >= 0.3 is 5.97 Å². The van der Waals surface area contributed by atoms with E-state index in [-0.39, 0.29) is 6.61 Å². The first-order valence-corrected chi connectivity index (χ1v) is 5.95. The van der Waals surface area contributed by atoms with Crippen LogP contribution in [0.2, 0.25) is 0 Å². The number of carbonyl (C=O) groups excluding carboxylic acids is 3. The summed E-state index contributed by atoms with van der Waals surface area (Å²) in [6.07, 6.45) is 0. The lowest BCUT2D eigenvalue weighted by Gasteiger charge is -2.08. The van der Waals surface area contributed by atoms with Crippen LogP contribution in [0.3, 0.4) is 0 Å². The van der Waals surface area contributed by atoms with E-state index in [2.05, 4.69) is 10.1 Å². The minimum atomic E-state index is -1.11. The molecule has 0 saturated carbocycles. The molecule has 0 aliphatic heterocycles. The molecule has 0 atom stereocenters. The number of anilines is 1. The van der Waals surface area contributed by atoms with E-state index in [4.69, 9.17) is 0 Å². The normalized spacial score (nSPS) is 11.3. The van der Waals surface area contributed by atoms with E-state index in [0.717, 1.165) is 6.92 Å². The number of ketones is 1. The molecule has 6 nitrogen and oxygen atoms in total. The Kier molecular flexibility index (Phi) is 5.46. The monoisotopic (exact) mass is 277 g/mol. The lowest BCUT2D eigenvalue weighted by molar-refractivity contribution is -0.142. The predicted octanol–water partition coefficient (Wildman–Crippen LogP) is 1.59. The molecule has 0 heterocycles. The summed E-state index contributed by atoms with van der Waals surface area (Å²) < 4.78 is 4.56. The maximum atomic E-state index is 11.9. The number of hydrogen-bond acceptors (Lipinski definition) is 5. The summed E-state index contributed by atoms with van der Waals surface area (Å²) in [6, 6.07) is 8.36. The van der Waals surface area contributed by atoms with E-state index in [9.17, 15) is 19.5 Å². The highest BCUT2D eigenvalue weighted by Gasteiger charge is 2.25. The maximum absolute atomic E-state index is 11.9. The van der Waals surface area contributed by atoms with E-state index in [1.807, 2.05) is 0 Å². The fourth-order valence-corrected chi connectivity index (χ4v) is 1.45. The third kappa shape index (κ3) is 3.94. The molecule has 0 aliphatic rings. The van der Waals surface area contributed by atoms with Gasteiger partial charge in [0.1, 0.15) is 5.57 Å². The number of ether oxygens (including phenoxy) is 1. The zero-order valence-corrected chi connectivity index (χ0v) is 11.2. The van der Waals surface area contributed by atoms with Gasteiger partial charge in [0.15, 0.2) is 5.78 Å². The molecule has 106 valence electrons. The third-order valence-corrected chi connectivity index (χ3v) is 2.32. The zero-order valence-electron chi connectivity index (χ0n) is 11.2. The number of aliphatic hydroxyl groups excluding tert-OH is 1. The Balaban J connectivity index is 3.02. The molecule has 0 saturated heterocycles. The molecule has 0 fully saturated rings. The predicted molar refractivity (Wildman–Crippen MR) is 72.0 cm³/mol. The van der Waals surface area contributed by atoms with Crippen LogP contribution in [0, 0.1) is 0 Å². The molecular weight excluding hydrogens is 262 g/mol. The molecule has 6 heteroatoms. The molecule has 0 aromatic heterocycles. The second-order valence-corrected chi connectivity index (χ2v) is 3.82. The minimum absolute atomic E-state index is 0.0222. The number of esters is 1. The van der Waals surface area contributed by atoms with Crippen molar-refractivity contribution >= 4 is 23.3 Å². The quantitative estimate of drug-likeness (QED) is 0.280. The van der Waals surface area contributed by atoms with Gasteiger partial charge in [-0.05, 0) is 26.0 Å². The Bertz CT molecular complexity index is 548. The van der Waals surface area contributed by atoms with E-state index < -0.39 is 29.0 Å². The van der Waals surface area contributed by atoms with Crippen molar-refractivity contribution in [1.29, 1.82) is 0 Å². The average molecular weight is 277 g/mol. The van der Waals surface area contributed by atoms with Crippen LogP contribution in [0.15, 0.2) is 41.7 Å². The van der Waals surface area contributed by atoms with Crippen LogP contribution in [-0.2, 0) is 19.1 Å². The molecule has 0 unspecified atom stereocenters. The van der Waals surface area contributed by atoms with E-state index >= 15 is 0 Å². The van der Waals surface area contributed by atoms with Gasteiger partial charge in [0.2, 0.25) is 5.76 Å². The van der Waals surface area contributed by atoms with E-state index in [1.54, 1.807) is 37.3 Å². The van der Waals surface area contributed by atoms with Crippen molar-refractivity contribution in [2.45, 2.75) is 13.8 Å². The standard InChI is InChI=1S/C14H15NO5/c1-3-20-14(19)12(17)11(9(2)16)13(18)15-10-7-5-4-6-8-10/h4-8,17H,3H2,1-2H3,(H,15,18)/b12-11-. The fraction of sp³-hybridized carbons (Fsp3) is 0.214. The third-order valence-electron chi connectivity index (χ3n) is 2.32. The number of nitrogens with one attached hydrogen (secondary N) is 1. The van der Waals surface area contributed by atoms with Crippen LogP contribution in [-0.4, -0.2) is 29.4 Å². The van der Waals surface area contributed by atoms with Gasteiger partial charge in [-0.25, -0.2) is 4.79 Å². The smallest absolute Gasteiger partial charge is 0.374 e. The van der Waals surface area contributed by atoms with Crippen LogP contribution in [0.5, 0.6) is 0 Å². The Morgan fingerprint density at radius 2 is 1.80 bits per heavy atom. The highest BCUT2D eigenvalue weighted by Crippen LogP contribution is 2.11. The molecule has 2 N–H and O–H groups in total. The first-order valence-electron chi connectivity index (χ1n) is 5.95. The van der Waals surface area contributed by atoms with Crippen molar-refractivity contribution in [1.82, 2.24) is 0 Å². The zero-order chi connectivity index (χ0) is 15.1. The van der Waals surface area contributed by atoms with Crippen molar-refractivity contribution < 1.29 is 24.2 Å². The van der Waals surface area contributed by atoms with Crippen LogP contribution >= 0.6 is 0 Å².